The van der Waals surface area contributed by atoms with Crippen LogP contribution in [0, 0.1) is 11.8 Å². The number of hydrogen-bond acceptors (Lipinski definition) is 4. The first-order chi connectivity index (χ1) is 12.9. The summed E-state index contributed by atoms with van der Waals surface area (Å²) in [6, 6.07) is 7.44. The van der Waals surface area contributed by atoms with Crippen molar-refractivity contribution in [3.8, 4) is 0 Å². The molecule has 2 atom stereocenters. The minimum absolute atomic E-state index is 0.122. The van der Waals surface area contributed by atoms with E-state index in [0.29, 0.717) is 23.2 Å². The van der Waals surface area contributed by atoms with Crippen molar-refractivity contribution in [2.75, 3.05) is 23.7 Å². The Balaban J connectivity index is 1.48. The zero-order chi connectivity index (χ0) is 19.4. The van der Waals surface area contributed by atoms with E-state index in [0.717, 1.165) is 31.6 Å². The molecule has 1 aromatic rings. The summed E-state index contributed by atoms with van der Waals surface area (Å²) in [6.45, 7) is 5.69. The molecule has 2 aliphatic rings. The van der Waals surface area contributed by atoms with Crippen LogP contribution in [0.4, 0.5) is 5.69 Å². The normalized spacial score (nSPS) is 24.1. The van der Waals surface area contributed by atoms with Crippen LogP contribution < -0.4 is 10.2 Å². The SMILES string of the molecule is CCS(=O)(=O)c1ccc(N2CCC(NC(=O)CC3CCCC3C)CC2)cc1. The first-order valence-electron chi connectivity index (χ1n) is 10.3. The summed E-state index contributed by atoms with van der Waals surface area (Å²) in [6.07, 6.45) is 6.25. The first kappa shape index (κ1) is 20.2. The summed E-state index contributed by atoms with van der Waals surface area (Å²) >= 11 is 0. The maximum atomic E-state index is 12.3. The van der Waals surface area contributed by atoms with Gasteiger partial charge in [0.2, 0.25) is 5.91 Å². The summed E-state index contributed by atoms with van der Waals surface area (Å²) in [5.74, 6) is 1.57. The molecule has 2 fully saturated rings. The van der Waals surface area contributed by atoms with E-state index in [9.17, 15) is 13.2 Å². The average Bonchev–Trinajstić information content (AvgIpc) is 3.07. The zero-order valence-corrected chi connectivity index (χ0v) is 17.3. The number of nitrogens with zero attached hydrogens (tertiary/aromatic N) is 1. The lowest BCUT2D eigenvalue weighted by Crippen LogP contribution is -2.45. The van der Waals surface area contributed by atoms with Gasteiger partial charge in [0.25, 0.3) is 0 Å². The zero-order valence-electron chi connectivity index (χ0n) is 16.5. The highest BCUT2D eigenvalue weighted by Crippen LogP contribution is 2.33. The van der Waals surface area contributed by atoms with Crippen LogP contribution in [0.15, 0.2) is 29.2 Å². The van der Waals surface area contributed by atoms with Crippen molar-refractivity contribution < 1.29 is 13.2 Å². The third-order valence-electron chi connectivity index (χ3n) is 6.29. The van der Waals surface area contributed by atoms with Gasteiger partial charge in [0.15, 0.2) is 9.84 Å². The Bertz CT molecular complexity index is 737. The number of anilines is 1. The molecule has 150 valence electrons. The Morgan fingerprint density at radius 1 is 1.11 bits per heavy atom. The molecule has 1 saturated heterocycles. The summed E-state index contributed by atoms with van der Waals surface area (Å²) in [5, 5.41) is 3.23. The maximum Gasteiger partial charge on any atom is 0.220 e. The number of hydrogen-bond donors (Lipinski definition) is 1. The molecular weight excluding hydrogens is 360 g/mol. The third kappa shape index (κ3) is 5.03. The fourth-order valence-corrected chi connectivity index (χ4v) is 5.25. The highest BCUT2D eigenvalue weighted by atomic mass is 32.2. The molecule has 27 heavy (non-hydrogen) atoms. The second-order valence-corrected chi connectivity index (χ2v) is 10.4. The topological polar surface area (TPSA) is 66.5 Å². The molecule has 6 heteroatoms. The van der Waals surface area contributed by atoms with Gasteiger partial charge >= 0.3 is 0 Å². The molecule has 1 saturated carbocycles. The molecular formula is C21H32N2O3S. The van der Waals surface area contributed by atoms with Crippen LogP contribution in [-0.2, 0) is 14.6 Å². The highest BCUT2D eigenvalue weighted by Gasteiger charge is 2.27. The van der Waals surface area contributed by atoms with Crippen LogP contribution in [0.2, 0.25) is 0 Å². The molecule has 0 aromatic heterocycles. The van der Waals surface area contributed by atoms with Crippen molar-refractivity contribution in [1.82, 2.24) is 5.32 Å². The Kier molecular flexibility index (Phi) is 6.45. The van der Waals surface area contributed by atoms with E-state index in [1.165, 1.54) is 19.3 Å². The van der Waals surface area contributed by atoms with E-state index in [2.05, 4.69) is 17.1 Å². The molecule has 0 bridgehead atoms. The van der Waals surface area contributed by atoms with Crippen LogP contribution in [-0.4, -0.2) is 39.2 Å². The average molecular weight is 393 g/mol. The van der Waals surface area contributed by atoms with E-state index in [1.807, 2.05) is 12.1 Å². The largest absolute Gasteiger partial charge is 0.371 e. The fraction of sp³-hybridized carbons (Fsp3) is 0.667. The summed E-state index contributed by atoms with van der Waals surface area (Å²) in [7, 11) is -3.15. The van der Waals surface area contributed by atoms with Gasteiger partial charge in [0, 0.05) is 31.2 Å². The molecule has 0 spiro atoms. The number of benzene rings is 1. The number of carbonyl (C=O) groups excluding carboxylic acids is 1. The Hall–Kier alpha value is -1.56. The first-order valence-corrected chi connectivity index (χ1v) is 11.9. The second-order valence-electron chi connectivity index (χ2n) is 8.10. The van der Waals surface area contributed by atoms with Gasteiger partial charge in [-0.15, -0.1) is 0 Å². The van der Waals surface area contributed by atoms with Crippen LogP contribution in [0.25, 0.3) is 0 Å². The maximum absolute atomic E-state index is 12.3. The fourth-order valence-electron chi connectivity index (χ4n) is 4.36. The predicted molar refractivity (Wildman–Crippen MR) is 109 cm³/mol. The molecule has 0 radical (unpaired) electrons. The van der Waals surface area contributed by atoms with Gasteiger partial charge in [0.05, 0.1) is 10.6 Å². The summed E-state index contributed by atoms with van der Waals surface area (Å²) in [4.78, 5) is 15.0. The number of sulfone groups is 1. The molecule has 1 aliphatic carbocycles. The van der Waals surface area contributed by atoms with Gasteiger partial charge in [-0.05, 0) is 55.4 Å². The van der Waals surface area contributed by atoms with E-state index in [4.69, 9.17) is 0 Å². The van der Waals surface area contributed by atoms with E-state index < -0.39 is 9.84 Å². The smallest absolute Gasteiger partial charge is 0.220 e. The van der Waals surface area contributed by atoms with Gasteiger partial charge in [-0.25, -0.2) is 8.42 Å². The molecule has 1 aromatic carbocycles. The number of amides is 1. The second kappa shape index (κ2) is 8.63. The molecule has 1 N–H and O–H groups in total. The van der Waals surface area contributed by atoms with Crippen molar-refractivity contribution in [2.45, 2.75) is 63.3 Å². The van der Waals surface area contributed by atoms with Crippen LogP contribution in [0.3, 0.4) is 0 Å². The van der Waals surface area contributed by atoms with Gasteiger partial charge in [-0.2, -0.15) is 0 Å². The Morgan fingerprint density at radius 3 is 2.33 bits per heavy atom. The van der Waals surface area contributed by atoms with Crippen molar-refractivity contribution in [1.29, 1.82) is 0 Å². The molecule has 3 rings (SSSR count). The molecule has 1 amide bonds. The van der Waals surface area contributed by atoms with E-state index >= 15 is 0 Å². The molecule has 1 heterocycles. The summed E-state index contributed by atoms with van der Waals surface area (Å²) < 4.78 is 23.8. The van der Waals surface area contributed by atoms with Crippen LogP contribution >= 0.6 is 0 Å². The van der Waals surface area contributed by atoms with Gasteiger partial charge in [-0.1, -0.05) is 26.7 Å². The third-order valence-corrected chi connectivity index (χ3v) is 8.04. The number of rotatable bonds is 6. The number of nitrogens with one attached hydrogen (secondary N) is 1. The Morgan fingerprint density at radius 2 is 1.78 bits per heavy atom. The van der Waals surface area contributed by atoms with Crippen molar-refractivity contribution in [3.63, 3.8) is 0 Å². The van der Waals surface area contributed by atoms with Crippen LogP contribution in [0.1, 0.15) is 52.4 Å². The highest BCUT2D eigenvalue weighted by molar-refractivity contribution is 7.91. The lowest BCUT2D eigenvalue weighted by molar-refractivity contribution is -0.123. The Labute approximate surface area is 163 Å². The van der Waals surface area contributed by atoms with Crippen LogP contribution in [0.5, 0.6) is 0 Å². The monoisotopic (exact) mass is 392 g/mol. The lowest BCUT2D eigenvalue weighted by atomic mass is 9.94. The van der Waals surface area contributed by atoms with Crippen molar-refractivity contribution >= 4 is 21.4 Å². The number of carbonyl (C=O) groups is 1. The van der Waals surface area contributed by atoms with E-state index in [1.54, 1.807) is 19.1 Å². The minimum Gasteiger partial charge on any atom is -0.371 e. The number of piperidine rings is 1. The van der Waals surface area contributed by atoms with Gasteiger partial charge in [-0.3, -0.25) is 4.79 Å². The minimum atomic E-state index is -3.15. The predicted octanol–water partition coefficient (Wildman–Crippen LogP) is 3.39. The van der Waals surface area contributed by atoms with Gasteiger partial charge < -0.3 is 10.2 Å². The van der Waals surface area contributed by atoms with E-state index in [-0.39, 0.29) is 17.7 Å². The standard InChI is InChI=1S/C21H32N2O3S/c1-3-27(25,26)20-9-7-19(8-10-20)23-13-11-18(12-14-23)22-21(24)15-17-6-4-5-16(17)2/h7-10,16-18H,3-6,11-15H2,1-2H3,(H,22,24). The quantitative estimate of drug-likeness (QED) is 0.806. The molecule has 2 unspecified atom stereocenters. The molecule has 1 aliphatic heterocycles. The van der Waals surface area contributed by atoms with Crippen molar-refractivity contribution in [3.05, 3.63) is 24.3 Å². The molecule has 5 nitrogen and oxygen atoms in total. The van der Waals surface area contributed by atoms with Gasteiger partial charge in [0.1, 0.15) is 0 Å². The van der Waals surface area contributed by atoms with Crippen molar-refractivity contribution in [2.24, 2.45) is 11.8 Å². The summed E-state index contributed by atoms with van der Waals surface area (Å²) in [5.41, 5.74) is 1.05. The lowest BCUT2D eigenvalue weighted by Gasteiger charge is -2.34.